The van der Waals surface area contributed by atoms with Crippen molar-refractivity contribution in [2.24, 2.45) is 16.3 Å². The first kappa shape index (κ1) is 17.6. The van der Waals surface area contributed by atoms with Crippen molar-refractivity contribution in [3.8, 4) is 0 Å². The second kappa shape index (κ2) is 8.11. The summed E-state index contributed by atoms with van der Waals surface area (Å²) in [5, 5.41) is 20.9. The minimum absolute atomic E-state index is 0.191. The van der Waals surface area contributed by atoms with Crippen LogP contribution in [0.25, 0.3) is 0 Å². The summed E-state index contributed by atoms with van der Waals surface area (Å²) in [6.45, 7) is -1.37. The molecule has 21 heavy (non-hydrogen) atoms. The van der Waals surface area contributed by atoms with Gasteiger partial charge < -0.3 is 20.9 Å². The van der Waals surface area contributed by atoms with Crippen LogP contribution in [-0.4, -0.2) is 53.1 Å². The second-order valence-corrected chi connectivity index (χ2v) is 5.35. The van der Waals surface area contributed by atoms with E-state index in [4.69, 9.17) is 16.0 Å². The Morgan fingerprint density at radius 1 is 1.29 bits per heavy atom. The molecule has 0 spiro atoms. The number of halogens is 2. The van der Waals surface area contributed by atoms with Crippen molar-refractivity contribution in [2.45, 2.75) is 45.0 Å². The van der Waals surface area contributed by atoms with Crippen LogP contribution in [0.2, 0.25) is 0 Å². The number of nitrogens with two attached hydrogens (primary N) is 1. The number of hydrogen-bond acceptors (Lipinski definition) is 4. The van der Waals surface area contributed by atoms with Crippen LogP contribution in [0.5, 0.6) is 0 Å². The molecule has 0 heterocycles. The van der Waals surface area contributed by atoms with Gasteiger partial charge in [-0.3, -0.25) is 4.79 Å². The first-order valence-electron chi connectivity index (χ1n) is 7.14. The summed E-state index contributed by atoms with van der Waals surface area (Å²) in [6, 6.07) is 0. The maximum absolute atomic E-state index is 12.7. The predicted octanol–water partition coefficient (Wildman–Crippen LogP) is 1.16. The second-order valence-electron chi connectivity index (χ2n) is 5.35. The van der Waals surface area contributed by atoms with E-state index in [9.17, 15) is 13.6 Å². The van der Waals surface area contributed by atoms with Crippen molar-refractivity contribution in [1.29, 1.82) is 0 Å². The van der Waals surface area contributed by atoms with Gasteiger partial charge in [-0.2, -0.15) is 0 Å². The van der Waals surface area contributed by atoms with E-state index >= 15 is 0 Å². The summed E-state index contributed by atoms with van der Waals surface area (Å²) in [4.78, 5) is 13.6. The van der Waals surface area contributed by atoms with Crippen molar-refractivity contribution < 1.29 is 23.9 Å². The standard InChI is InChI=1S/C13H23F2N3O3/c14-10(15)9-18(7-8-19)12(20)13(11(16)17-21)5-3-1-2-4-6-13/h10,19,21H,1-9H2,(H2,16,17). The van der Waals surface area contributed by atoms with E-state index in [0.717, 1.165) is 17.7 Å². The van der Waals surface area contributed by atoms with E-state index in [1.165, 1.54) is 0 Å². The fourth-order valence-corrected chi connectivity index (χ4v) is 2.87. The average molecular weight is 307 g/mol. The van der Waals surface area contributed by atoms with Crippen molar-refractivity contribution in [2.75, 3.05) is 19.7 Å². The number of amidine groups is 1. The largest absolute Gasteiger partial charge is 0.409 e. The Bertz CT molecular complexity index is 370. The molecule has 0 unspecified atom stereocenters. The summed E-state index contributed by atoms with van der Waals surface area (Å²) in [5.74, 6) is -0.819. The Hall–Kier alpha value is -1.44. The zero-order valence-electron chi connectivity index (χ0n) is 12.0. The van der Waals surface area contributed by atoms with Crippen LogP contribution in [0, 0.1) is 5.41 Å². The van der Waals surface area contributed by atoms with Crippen LogP contribution in [0.3, 0.4) is 0 Å². The quantitative estimate of drug-likeness (QED) is 0.225. The summed E-state index contributed by atoms with van der Waals surface area (Å²) in [6.07, 6.45) is 1.30. The van der Waals surface area contributed by atoms with E-state index in [1.54, 1.807) is 0 Å². The number of hydrogen-bond donors (Lipinski definition) is 3. The summed E-state index contributed by atoms with van der Waals surface area (Å²) in [7, 11) is 0. The lowest BCUT2D eigenvalue weighted by Crippen LogP contribution is -2.53. The molecule has 0 aliphatic heterocycles. The maximum Gasteiger partial charge on any atom is 0.255 e. The fourth-order valence-electron chi connectivity index (χ4n) is 2.87. The number of aliphatic hydroxyl groups is 1. The monoisotopic (exact) mass is 307 g/mol. The van der Waals surface area contributed by atoms with Gasteiger partial charge in [0.2, 0.25) is 5.91 Å². The van der Waals surface area contributed by atoms with E-state index in [0.29, 0.717) is 25.7 Å². The molecule has 1 rings (SSSR count). The van der Waals surface area contributed by atoms with Gasteiger partial charge in [0.15, 0.2) is 5.84 Å². The Morgan fingerprint density at radius 3 is 2.29 bits per heavy atom. The van der Waals surface area contributed by atoms with Gasteiger partial charge in [0.05, 0.1) is 13.2 Å². The number of aliphatic hydroxyl groups excluding tert-OH is 1. The molecule has 0 aromatic carbocycles. The number of nitrogens with zero attached hydrogens (tertiary/aromatic N) is 2. The highest BCUT2D eigenvalue weighted by Gasteiger charge is 2.45. The molecule has 1 aliphatic carbocycles. The molecule has 1 fully saturated rings. The summed E-state index contributed by atoms with van der Waals surface area (Å²) >= 11 is 0. The highest BCUT2D eigenvalue weighted by Crippen LogP contribution is 2.37. The number of rotatable bonds is 6. The number of alkyl halides is 2. The van der Waals surface area contributed by atoms with E-state index in [2.05, 4.69) is 5.16 Å². The van der Waals surface area contributed by atoms with Crippen LogP contribution in [0.1, 0.15) is 38.5 Å². The summed E-state index contributed by atoms with van der Waals surface area (Å²) in [5.41, 5.74) is 4.48. The minimum Gasteiger partial charge on any atom is -0.409 e. The van der Waals surface area contributed by atoms with Gasteiger partial charge in [0.1, 0.15) is 5.41 Å². The smallest absolute Gasteiger partial charge is 0.255 e. The molecule has 0 saturated heterocycles. The van der Waals surface area contributed by atoms with Crippen LogP contribution < -0.4 is 5.73 Å². The number of carbonyl (C=O) groups excluding carboxylic acids is 1. The molecular weight excluding hydrogens is 284 g/mol. The van der Waals surface area contributed by atoms with Gasteiger partial charge in [0, 0.05) is 6.54 Å². The Balaban J connectivity index is 3.07. The highest BCUT2D eigenvalue weighted by atomic mass is 19.3. The zero-order chi connectivity index (χ0) is 15.9. The lowest BCUT2D eigenvalue weighted by Gasteiger charge is -2.35. The van der Waals surface area contributed by atoms with Crippen LogP contribution in [0.15, 0.2) is 5.16 Å². The zero-order valence-corrected chi connectivity index (χ0v) is 12.0. The Labute approximate surface area is 122 Å². The Morgan fingerprint density at radius 2 is 1.86 bits per heavy atom. The first-order chi connectivity index (χ1) is 9.97. The van der Waals surface area contributed by atoms with E-state index in [1.807, 2.05) is 0 Å². The Kier molecular flexibility index (Phi) is 6.80. The first-order valence-corrected chi connectivity index (χ1v) is 7.14. The van der Waals surface area contributed by atoms with Gasteiger partial charge in [-0.1, -0.05) is 30.8 Å². The maximum atomic E-state index is 12.7. The summed E-state index contributed by atoms with van der Waals surface area (Å²) < 4.78 is 25.3. The molecule has 1 amide bonds. The van der Waals surface area contributed by atoms with Gasteiger partial charge in [-0.15, -0.1) is 0 Å². The van der Waals surface area contributed by atoms with Gasteiger partial charge in [-0.25, -0.2) is 8.78 Å². The lowest BCUT2D eigenvalue weighted by molar-refractivity contribution is -0.141. The van der Waals surface area contributed by atoms with Crippen molar-refractivity contribution in [3.05, 3.63) is 0 Å². The molecule has 0 bridgehead atoms. The highest BCUT2D eigenvalue weighted by molar-refractivity contribution is 6.06. The van der Waals surface area contributed by atoms with Crippen molar-refractivity contribution in [1.82, 2.24) is 4.90 Å². The third kappa shape index (κ3) is 4.26. The molecule has 1 aliphatic rings. The molecule has 4 N–H and O–H groups in total. The molecule has 122 valence electrons. The van der Waals surface area contributed by atoms with Gasteiger partial charge >= 0.3 is 0 Å². The molecule has 0 atom stereocenters. The van der Waals surface area contributed by atoms with E-state index < -0.39 is 30.9 Å². The molecule has 0 aromatic rings. The molecule has 1 saturated carbocycles. The third-order valence-corrected chi connectivity index (χ3v) is 3.98. The topological polar surface area (TPSA) is 99.2 Å². The molecule has 6 nitrogen and oxygen atoms in total. The van der Waals surface area contributed by atoms with Gasteiger partial charge in [-0.05, 0) is 12.8 Å². The van der Waals surface area contributed by atoms with Crippen LogP contribution in [-0.2, 0) is 4.79 Å². The lowest BCUT2D eigenvalue weighted by atomic mass is 9.77. The predicted molar refractivity (Wildman–Crippen MR) is 73.2 cm³/mol. The molecular formula is C13H23F2N3O3. The molecule has 8 heteroatoms. The van der Waals surface area contributed by atoms with Crippen LogP contribution >= 0.6 is 0 Å². The minimum atomic E-state index is -2.70. The number of oxime groups is 1. The normalized spacial score (nSPS) is 19.3. The number of amides is 1. The number of carbonyl (C=O) groups is 1. The molecule has 0 aromatic heterocycles. The van der Waals surface area contributed by atoms with Crippen molar-refractivity contribution >= 4 is 11.7 Å². The fraction of sp³-hybridized carbons (Fsp3) is 0.846. The average Bonchev–Trinajstić information content (AvgIpc) is 2.71. The van der Waals surface area contributed by atoms with E-state index in [-0.39, 0.29) is 12.4 Å². The van der Waals surface area contributed by atoms with Crippen molar-refractivity contribution in [3.63, 3.8) is 0 Å². The van der Waals surface area contributed by atoms with Crippen LogP contribution in [0.4, 0.5) is 8.78 Å². The SMILES string of the molecule is NC(=NO)C1(C(=O)N(CCO)CC(F)F)CCCCCC1. The van der Waals surface area contributed by atoms with Gasteiger partial charge in [0.25, 0.3) is 6.43 Å². The molecule has 0 radical (unpaired) electrons. The third-order valence-electron chi connectivity index (χ3n) is 3.98.